The van der Waals surface area contributed by atoms with Crippen LogP contribution >= 0.6 is 0 Å². The van der Waals surface area contributed by atoms with E-state index in [0.29, 0.717) is 56.0 Å². The Morgan fingerprint density at radius 3 is 2.50 bits per heavy atom. The second-order valence-electron chi connectivity index (χ2n) is 9.97. The van der Waals surface area contributed by atoms with Gasteiger partial charge in [0.05, 0.1) is 24.5 Å². The maximum absolute atomic E-state index is 14.5. The Balaban J connectivity index is 1.66. The minimum atomic E-state index is -1.82. The molecule has 3 aliphatic heterocycles. The average molecular weight is 522 g/mol. The fourth-order valence-corrected chi connectivity index (χ4v) is 5.77. The standard InChI is InChI=1S/C29H32FN3O5/c1-3-11-32-23-8-5-4-7-21(23)29(28(32)37)24(25(34)20-10-9-19(2)22(30)18-20)26(35)27(36)33(29)13-6-12-31-14-16-38-17-15-31/h4-5,7-10,18,34H,3,6,11-17H2,1-2H3. The molecule has 38 heavy (non-hydrogen) atoms. The van der Waals surface area contributed by atoms with Crippen LogP contribution in [0.25, 0.3) is 5.76 Å². The average Bonchev–Trinajstić information content (AvgIpc) is 3.30. The summed E-state index contributed by atoms with van der Waals surface area (Å²) >= 11 is 0. The first-order chi connectivity index (χ1) is 18.3. The zero-order valence-corrected chi connectivity index (χ0v) is 21.7. The third kappa shape index (κ3) is 4.01. The fourth-order valence-electron chi connectivity index (χ4n) is 5.77. The summed E-state index contributed by atoms with van der Waals surface area (Å²) in [6.45, 7) is 7.54. The smallest absolute Gasteiger partial charge is 0.296 e. The van der Waals surface area contributed by atoms with Crippen molar-refractivity contribution in [3.05, 3.63) is 70.5 Å². The van der Waals surface area contributed by atoms with E-state index >= 15 is 0 Å². The van der Waals surface area contributed by atoms with Gasteiger partial charge in [-0.15, -0.1) is 0 Å². The molecule has 0 radical (unpaired) electrons. The molecule has 1 spiro atoms. The Hall–Kier alpha value is -3.56. The second-order valence-corrected chi connectivity index (χ2v) is 9.97. The van der Waals surface area contributed by atoms with E-state index in [0.717, 1.165) is 19.2 Å². The number of carbonyl (C=O) groups is 3. The van der Waals surface area contributed by atoms with E-state index in [1.165, 1.54) is 17.0 Å². The number of hydrogen-bond acceptors (Lipinski definition) is 6. The number of morpholine rings is 1. The van der Waals surface area contributed by atoms with Crippen molar-refractivity contribution in [2.75, 3.05) is 50.8 Å². The Kier molecular flexibility index (Phi) is 7.07. The summed E-state index contributed by atoms with van der Waals surface area (Å²) in [7, 11) is 0. The van der Waals surface area contributed by atoms with Crippen LogP contribution in [0.1, 0.15) is 36.5 Å². The van der Waals surface area contributed by atoms with Gasteiger partial charge >= 0.3 is 0 Å². The third-order valence-corrected chi connectivity index (χ3v) is 7.66. The van der Waals surface area contributed by atoms with Gasteiger partial charge in [0.2, 0.25) is 0 Å². The Morgan fingerprint density at radius 1 is 1.05 bits per heavy atom. The molecule has 200 valence electrons. The van der Waals surface area contributed by atoms with Gasteiger partial charge in [-0.25, -0.2) is 4.39 Å². The molecule has 3 aliphatic rings. The van der Waals surface area contributed by atoms with Crippen molar-refractivity contribution in [3.63, 3.8) is 0 Å². The number of Topliss-reactive ketones (excluding diaryl/α,β-unsaturated/α-hetero) is 1. The van der Waals surface area contributed by atoms with E-state index in [9.17, 15) is 23.9 Å². The van der Waals surface area contributed by atoms with Gasteiger partial charge < -0.3 is 19.6 Å². The summed E-state index contributed by atoms with van der Waals surface area (Å²) in [6, 6.07) is 11.2. The van der Waals surface area contributed by atoms with Crippen LogP contribution in [0.4, 0.5) is 10.1 Å². The number of nitrogens with zero attached hydrogens (tertiary/aromatic N) is 3. The van der Waals surface area contributed by atoms with Crippen LogP contribution in [0, 0.1) is 12.7 Å². The van der Waals surface area contributed by atoms with Crippen LogP contribution in [-0.4, -0.2) is 78.4 Å². The molecule has 1 N–H and O–H groups in total. The van der Waals surface area contributed by atoms with Crippen molar-refractivity contribution < 1.29 is 28.6 Å². The monoisotopic (exact) mass is 521 g/mol. The van der Waals surface area contributed by atoms with Crippen LogP contribution in [0.2, 0.25) is 0 Å². The SMILES string of the molecule is CCCN1C(=O)C2(C(=C(O)c3ccc(C)c(F)c3)C(=O)C(=O)N2CCCN2CCOCC2)c2ccccc21. The number of rotatable bonds is 7. The number of para-hydroxylation sites is 1. The van der Waals surface area contributed by atoms with Gasteiger partial charge in [0.1, 0.15) is 11.6 Å². The van der Waals surface area contributed by atoms with E-state index in [2.05, 4.69) is 4.90 Å². The molecule has 2 saturated heterocycles. The minimum absolute atomic E-state index is 0.0398. The van der Waals surface area contributed by atoms with E-state index in [1.54, 1.807) is 36.1 Å². The number of ether oxygens (including phenoxy) is 1. The highest BCUT2D eigenvalue weighted by Crippen LogP contribution is 2.53. The van der Waals surface area contributed by atoms with Crippen LogP contribution in [0.5, 0.6) is 0 Å². The first-order valence-electron chi connectivity index (χ1n) is 13.1. The number of ketones is 1. The van der Waals surface area contributed by atoms with E-state index in [1.807, 2.05) is 6.92 Å². The van der Waals surface area contributed by atoms with E-state index < -0.39 is 34.7 Å². The molecule has 0 bridgehead atoms. The zero-order valence-electron chi connectivity index (χ0n) is 21.7. The van der Waals surface area contributed by atoms with Crippen molar-refractivity contribution in [1.82, 2.24) is 9.80 Å². The lowest BCUT2D eigenvalue weighted by Gasteiger charge is -2.35. The third-order valence-electron chi connectivity index (χ3n) is 7.66. The van der Waals surface area contributed by atoms with E-state index in [-0.39, 0.29) is 17.7 Å². The number of anilines is 1. The van der Waals surface area contributed by atoms with Gasteiger partial charge in [-0.2, -0.15) is 0 Å². The molecule has 3 heterocycles. The summed E-state index contributed by atoms with van der Waals surface area (Å²) in [5.41, 5.74) is -0.655. The molecular formula is C29H32FN3O5. The molecule has 9 heteroatoms. The van der Waals surface area contributed by atoms with Gasteiger partial charge in [-0.1, -0.05) is 37.3 Å². The molecule has 0 saturated carbocycles. The van der Waals surface area contributed by atoms with Crippen molar-refractivity contribution in [2.45, 2.75) is 32.2 Å². The first-order valence-corrected chi connectivity index (χ1v) is 13.1. The van der Waals surface area contributed by atoms with Crippen LogP contribution in [-0.2, 0) is 24.7 Å². The molecule has 1 unspecified atom stereocenters. The lowest BCUT2D eigenvalue weighted by molar-refractivity contribution is -0.143. The lowest BCUT2D eigenvalue weighted by atomic mass is 9.81. The fraction of sp³-hybridized carbons (Fsp3) is 0.414. The van der Waals surface area contributed by atoms with Crippen LogP contribution in [0.3, 0.4) is 0 Å². The largest absolute Gasteiger partial charge is 0.507 e. The number of carbonyl (C=O) groups excluding carboxylic acids is 3. The highest BCUT2D eigenvalue weighted by molar-refractivity contribution is 6.50. The first kappa shape index (κ1) is 26.1. The van der Waals surface area contributed by atoms with Gasteiger partial charge in [-0.3, -0.25) is 19.3 Å². The summed E-state index contributed by atoms with van der Waals surface area (Å²) in [4.78, 5) is 46.7. The predicted octanol–water partition coefficient (Wildman–Crippen LogP) is 3.19. The van der Waals surface area contributed by atoms with Crippen LogP contribution < -0.4 is 4.90 Å². The summed E-state index contributed by atoms with van der Waals surface area (Å²) in [5.74, 6) is -3.37. The molecule has 1 atom stereocenters. The molecule has 2 fully saturated rings. The number of aryl methyl sites for hydroxylation is 1. The van der Waals surface area contributed by atoms with E-state index in [4.69, 9.17) is 4.74 Å². The lowest BCUT2D eigenvalue weighted by Crippen LogP contribution is -2.52. The van der Waals surface area contributed by atoms with Crippen LogP contribution in [0.15, 0.2) is 48.0 Å². The summed E-state index contributed by atoms with van der Waals surface area (Å²) in [5, 5.41) is 11.5. The van der Waals surface area contributed by atoms with Crippen molar-refractivity contribution >= 4 is 29.0 Å². The topological polar surface area (TPSA) is 90.4 Å². The number of fused-ring (bicyclic) bond motifs is 2. The maximum Gasteiger partial charge on any atom is 0.296 e. The number of amides is 2. The molecular weight excluding hydrogens is 489 g/mol. The molecule has 2 aromatic rings. The van der Waals surface area contributed by atoms with Crippen molar-refractivity contribution in [2.24, 2.45) is 0 Å². The highest BCUT2D eigenvalue weighted by atomic mass is 19.1. The number of aliphatic hydroxyl groups is 1. The van der Waals surface area contributed by atoms with Crippen molar-refractivity contribution in [3.8, 4) is 0 Å². The number of likely N-dealkylation sites (tertiary alicyclic amines) is 1. The highest BCUT2D eigenvalue weighted by Gasteiger charge is 2.66. The van der Waals surface area contributed by atoms with Gasteiger partial charge in [0, 0.05) is 43.9 Å². The number of hydrogen-bond donors (Lipinski definition) is 1. The predicted molar refractivity (Wildman–Crippen MR) is 140 cm³/mol. The summed E-state index contributed by atoms with van der Waals surface area (Å²) < 4.78 is 19.9. The Morgan fingerprint density at radius 2 is 1.79 bits per heavy atom. The molecule has 2 amide bonds. The van der Waals surface area contributed by atoms with Gasteiger partial charge in [-0.05, 0) is 37.5 Å². The molecule has 2 aromatic carbocycles. The zero-order chi connectivity index (χ0) is 27.0. The maximum atomic E-state index is 14.5. The normalized spacial score (nSPS) is 23.1. The second kappa shape index (κ2) is 10.3. The quantitative estimate of drug-likeness (QED) is 0.342. The molecule has 8 nitrogen and oxygen atoms in total. The number of benzene rings is 2. The number of halogens is 1. The number of aliphatic hydroxyl groups excluding tert-OH is 1. The van der Waals surface area contributed by atoms with Gasteiger partial charge in [0.15, 0.2) is 5.54 Å². The molecule has 0 aromatic heterocycles. The van der Waals surface area contributed by atoms with Crippen molar-refractivity contribution in [1.29, 1.82) is 0 Å². The Bertz CT molecular complexity index is 1320. The van der Waals surface area contributed by atoms with Gasteiger partial charge in [0.25, 0.3) is 17.6 Å². The minimum Gasteiger partial charge on any atom is -0.507 e. The Labute approximate surface area is 221 Å². The molecule has 5 rings (SSSR count). The molecule has 0 aliphatic carbocycles. The summed E-state index contributed by atoms with van der Waals surface area (Å²) in [6.07, 6.45) is 1.18.